The SMILES string of the molecule is CCc1noc(-c2cnc(C)nc2N2CCCC(C(=O)NCCCn3ccnc3)C2)n1. The van der Waals surface area contributed by atoms with Crippen molar-refractivity contribution in [3.8, 4) is 11.5 Å². The summed E-state index contributed by atoms with van der Waals surface area (Å²) in [7, 11) is 0. The van der Waals surface area contributed by atoms with Gasteiger partial charge in [-0.2, -0.15) is 4.98 Å². The van der Waals surface area contributed by atoms with Gasteiger partial charge in [-0.3, -0.25) is 4.79 Å². The Kier molecular flexibility index (Phi) is 6.54. The van der Waals surface area contributed by atoms with Crippen LogP contribution in [0.4, 0.5) is 5.82 Å². The molecule has 0 aliphatic carbocycles. The van der Waals surface area contributed by atoms with E-state index < -0.39 is 0 Å². The number of carbonyl (C=O) groups excluding carboxylic acids is 1. The molecule has 1 N–H and O–H groups in total. The minimum atomic E-state index is -0.0843. The molecule has 4 rings (SSSR count). The van der Waals surface area contributed by atoms with Crippen molar-refractivity contribution in [2.75, 3.05) is 24.5 Å². The van der Waals surface area contributed by atoms with E-state index in [0.29, 0.717) is 42.6 Å². The van der Waals surface area contributed by atoms with Crippen LogP contribution in [0.2, 0.25) is 0 Å². The molecule has 1 aliphatic rings. The molecular weight excluding hydrogens is 396 g/mol. The average Bonchev–Trinajstić information content (AvgIpc) is 3.49. The van der Waals surface area contributed by atoms with E-state index in [1.54, 1.807) is 18.7 Å². The summed E-state index contributed by atoms with van der Waals surface area (Å²) < 4.78 is 7.44. The lowest BCUT2D eigenvalue weighted by atomic mass is 9.96. The van der Waals surface area contributed by atoms with E-state index >= 15 is 0 Å². The number of aryl methyl sites for hydroxylation is 3. The third-order valence-electron chi connectivity index (χ3n) is 5.45. The van der Waals surface area contributed by atoms with Gasteiger partial charge in [-0.15, -0.1) is 0 Å². The molecule has 1 saturated heterocycles. The molecule has 3 aromatic heterocycles. The monoisotopic (exact) mass is 424 g/mol. The predicted molar refractivity (Wildman–Crippen MR) is 114 cm³/mol. The number of nitrogens with zero attached hydrogens (tertiary/aromatic N) is 7. The van der Waals surface area contributed by atoms with Crippen LogP contribution in [0.25, 0.3) is 11.5 Å². The summed E-state index contributed by atoms with van der Waals surface area (Å²) in [5.41, 5.74) is 0.708. The Morgan fingerprint density at radius 1 is 1.35 bits per heavy atom. The van der Waals surface area contributed by atoms with Crippen LogP contribution in [0.1, 0.15) is 37.8 Å². The first kappa shape index (κ1) is 21.0. The molecule has 1 unspecified atom stereocenters. The van der Waals surface area contributed by atoms with Crippen molar-refractivity contribution in [3.05, 3.63) is 36.6 Å². The van der Waals surface area contributed by atoms with Gasteiger partial charge in [0.25, 0.3) is 5.89 Å². The third-order valence-corrected chi connectivity index (χ3v) is 5.45. The van der Waals surface area contributed by atoms with Gasteiger partial charge in [-0.1, -0.05) is 12.1 Å². The molecule has 10 nitrogen and oxygen atoms in total. The van der Waals surface area contributed by atoms with Crippen LogP contribution >= 0.6 is 0 Å². The molecule has 1 atom stereocenters. The second-order valence-corrected chi connectivity index (χ2v) is 7.75. The summed E-state index contributed by atoms with van der Waals surface area (Å²) in [6, 6.07) is 0. The van der Waals surface area contributed by atoms with Crippen LogP contribution < -0.4 is 10.2 Å². The Labute approximate surface area is 181 Å². The van der Waals surface area contributed by atoms with Gasteiger partial charge in [0.15, 0.2) is 5.82 Å². The fraction of sp³-hybridized carbons (Fsp3) is 0.524. The van der Waals surface area contributed by atoms with Gasteiger partial charge in [0.1, 0.15) is 17.2 Å². The number of carbonyl (C=O) groups is 1. The van der Waals surface area contributed by atoms with Gasteiger partial charge in [-0.25, -0.2) is 15.0 Å². The lowest BCUT2D eigenvalue weighted by molar-refractivity contribution is -0.125. The van der Waals surface area contributed by atoms with Gasteiger partial charge in [0.2, 0.25) is 5.91 Å². The highest BCUT2D eigenvalue weighted by Gasteiger charge is 2.29. The van der Waals surface area contributed by atoms with Crippen molar-refractivity contribution in [2.45, 2.75) is 46.1 Å². The smallest absolute Gasteiger partial charge is 0.263 e. The zero-order chi connectivity index (χ0) is 21.6. The third kappa shape index (κ3) is 5.07. The number of piperidine rings is 1. The first-order valence-corrected chi connectivity index (χ1v) is 10.8. The van der Waals surface area contributed by atoms with Gasteiger partial charge in [0.05, 0.1) is 12.2 Å². The molecule has 0 spiro atoms. The molecule has 1 fully saturated rings. The van der Waals surface area contributed by atoms with Crippen molar-refractivity contribution in [1.29, 1.82) is 0 Å². The number of nitrogens with one attached hydrogen (secondary N) is 1. The second-order valence-electron chi connectivity index (χ2n) is 7.75. The Hall–Kier alpha value is -3.30. The number of amides is 1. The molecule has 3 aromatic rings. The van der Waals surface area contributed by atoms with Crippen LogP contribution in [-0.2, 0) is 17.8 Å². The maximum Gasteiger partial charge on any atom is 0.263 e. The lowest BCUT2D eigenvalue weighted by Gasteiger charge is -2.33. The van der Waals surface area contributed by atoms with Crippen molar-refractivity contribution in [3.63, 3.8) is 0 Å². The van der Waals surface area contributed by atoms with E-state index in [9.17, 15) is 4.79 Å². The van der Waals surface area contributed by atoms with Gasteiger partial charge >= 0.3 is 0 Å². The van der Waals surface area contributed by atoms with Crippen LogP contribution in [0.5, 0.6) is 0 Å². The maximum absolute atomic E-state index is 12.8. The van der Waals surface area contributed by atoms with Crippen LogP contribution in [0.3, 0.4) is 0 Å². The number of aromatic nitrogens is 6. The molecule has 0 aromatic carbocycles. The highest BCUT2D eigenvalue weighted by molar-refractivity contribution is 5.80. The first-order valence-electron chi connectivity index (χ1n) is 10.8. The van der Waals surface area contributed by atoms with E-state index in [1.165, 1.54) is 0 Å². The second kappa shape index (κ2) is 9.67. The first-order chi connectivity index (χ1) is 15.1. The molecule has 0 radical (unpaired) electrons. The summed E-state index contributed by atoms with van der Waals surface area (Å²) in [5.74, 6) is 2.48. The molecule has 31 heavy (non-hydrogen) atoms. The van der Waals surface area contributed by atoms with Gasteiger partial charge in [-0.05, 0) is 26.2 Å². The zero-order valence-electron chi connectivity index (χ0n) is 18.0. The van der Waals surface area contributed by atoms with Gasteiger partial charge < -0.3 is 19.3 Å². The molecule has 164 valence electrons. The number of rotatable bonds is 8. The topological polar surface area (TPSA) is 115 Å². The highest BCUT2D eigenvalue weighted by Crippen LogP contribution is 2.30. The van der Waals surface area contributed by atoms with Crippen molar-refractivity contribution >= 4 is 11.7 Å². The maximum atomic E-state index is 12.8. The van der Waals surface area contributed by atoms with Crippen LogP contribution in [-0.4, -0.2) is 55.2 Å². The minimum Gasteiger partial charge on any atom is -0.356 e. The van der Waals surface area contributed by atoms with Crippen LogP contribution in [0.15, 0.2) is 29.4 Å². The Morgan fingerprint density at radius 3 is 3.03 bits per heavy atom. The molecule has 1 aliphatic heterocycles. The predicted octanol–water partition coefficient (Wildman–Crippen LogP) is 2.02. The summed E-state index contributed by atoms with van der Waals surface area (Å²) in [4.78, 5) is 32.4. The fourth-order valence-corrected chi connectivity index (χ4v) is 3.78. The molecule has 4 heterocycles. The lowest BCUT2D eigenvalue weighted by Crippen LogP contribution is -2.44. The average molecular weight is 425 g/mol. The van der Waals surface area contributed by atoms with Crippen LogP contribution in [0, 0.1) is 12.8 Å². The quantitative estimate of drug-likeness (QED) is 0.546. The largest absolute Gasteiger partial charge is 0.356 e. The van der Waals surface area contributed by atoms with E-state index in [2.05, 4.69) is 35.3 Å². The summed E-state index contributed by atoms with van der Waals surface area (Å²) in [5, 5.41) is 7.08. The standard InChI is InChI=1S/C21H28N8O2/c1-3-18-26-21(31-27-18)17-12-24-15(2)25-19(17)29-10-4-6-16(13-29)20(30)23-7-5-9-28-11-8-22-14-28/h8,11-12,14,16H,3-7,9-10,13H2,1-2H3,(H,23,30). The number of anilines is 1. The number of hydrogen-bond acceptors (Lipinski definition) is 8. The Balaban J connectivity index is 1.41. The zero-order valence-corrected chi connectivity index (χ0v) is 18.0. The fourth-order valence-electron chi connectivity index (χ4n) is 3.78. The molecular formula is C21H28N8O2. The summed E-state index contributed by atoms with van der Waals surface area (Å²) in [6.45, 7) is 6.74. The highest BCUT2D eigenvalue weighted by atomic mass is 16.5. The van der Waals surface area contributed by atoms with Crippen molar-refractivity contribution in [2.24, 2.45) is 5.92 Å². The molecule has 10 heteroatoms. The van der Waals surface area contributed by atoms with E-state index in [1.807, 2.05) is 24.6 Å². The normalized spacial score (nSPS) is 16.5. The summed E-state index contributed by atoms with van der Waals surface area (Å²) >= 11 is 0. The summed E-state index contributed by atoms with van der Waals surface area (Å²) in [6.07, 6.45) is 10.5. The van der Waals surface area contributed by atoms with E-state index in [-0.39, 0.29) is 11.8 Å². The Bertz CT molecular complexity index is 1000. The van der Waals surface area contributed by atoms with Crippen molar-refractivity contribution < 1.29 is 9.32 Å². The minimum absolute atomic E-state index is 0.0843. The molecule has 0 bridgehead atoms. The van der Waals surface area contributed by atoms with Crippen molar-refractivity contribution in [1.82, 2.24) is 35.0 Å². The number of imidazole rings is 1. The molecule has 0 saturated carbocycles. The molecule has 1 amide bonds. The van der Waals surface area contributed by atoms with Gasteiger partial charge in [0, 0.05) is 51.2 Å². The van der Waals surface area contributed by atoms with E-state index in [4.69, 9.17) is 4.52 Å². The van der Waals surface area contributed by atoms with E-state index in [0.717, 1.165) is 38.2 Å². The number of hydrogen-bond donors (Lipinski definition) is 1. The Morgan fingerprint density at radius 2 is 2.26 bits per heavy atom.